The molecule has 0 amide bonds. The second-order valence-electron chi connectivity index (χ2n) is 3.77. The zero-order valence-electron chi connectivity index (χ0n) is 9.39. The molecule has 0 fully saturated rings. The number of hydrogen-bond acceptors (Lipinski definition) is 5. The van der Waals surface area contributed by atoms with Gasteiger partial charge in [0.05, 0.1) is 12.4 Å². The van der Waals surface area contributed by atoms with Crippen molar-refractivity contribution in [1.29, 1.82) is 0 Å². The van der Waals surface area contributed by atoms with Crippen molar-refractivity contribution in [2.75, 3.05) is 12.1 Å². The quantitative estimate of drug-likeness (QED) is 0.922. The summed E-state index contributed by atoms with van der Waals surface area (Å²) in [5.41, 5.74) is 1.07. The predicted molar refractivity (Wildman–Crippen MR) is 66.9 cm³/mol. The van der Waals surface area contributed by atoms with Gasteiger partial charge in [0.1, 0.15) is 11.0 Å². The van der Waals surface area contributed by atoms with Crippen LogP contribution in [0.2, 0.25) is 5.15 Å². The van der Waals surface area contributed by atoms with Gasteiger partial charge < -0.3 is 14.8 Å². The van der Waals surface area contributed by atoms with Gasteiger partial charge in [-0.3, -0.25) is 4.98 Å². The fraction of sp³-hybridized carbons (Fsp3) is 0.167. The maximum Gasteiger partial charge on any atom is 0.231 e. The molecule has 1 aromatic carbocycles. The smallest absolute Gasteiger partial charge is 0.231 e. The molecule has 2 heterocycles. The van der Waals surface area contributed by atoms with Crippen molar-refractivity contribution in [3.8, 4) is 11.5 Å². The normalized spacial score (nSPS) is 12.5. The Morgan fingerprint density at radius 2 is 2.11 bits per heavy atom. The molecule has 0 atom stereocenters. The summed E-state index contributed by atoms with van der Waals surface area (Å²) in [6.07, 6.45) is 3.12. The Morgan fingerprint density at radius 1 is 1.22 bits per heavy atom. The first-order chi connectivity index (χ1) is 8.81. The van der Waals surface area contributed by atoms with Gasteiger partial charge in [0.15, 0.2) is 11.5 Å². The lowest BCUT2D eigenvalue weighted by atomic mass is 10.2. The summed E-state index contributed by atoms with van der Waals surface area (Å²) in [5.74, 6) is 2.19. The largest absolute Gasteiger partial charge is 0.454 e. The van der Waals surface area contributed by atoms with Gasteiger partial charge in [0.2, 0.25) is 6.79 Å². The van der Waals surface area contributed by atoms with E-state index in [0.29, 0.717) is 17.5 Å². The molecule has 3 rings (SSSR count). The molecule has 0 bridgehead atoms. The second kappa shape index (κ2) is 4.70. The molecule has 0 unspecified atom stereocenters. The molecular weight excluding hydrogens is 254 g/mol. The maximum absolute atomic E-state index is 5.75. The molecule has 6 heteroatoms. The van der Waals surface area contributed by atoms with Crippen molar-refractivity contribution in [3.63, 3.8) is 0 Å². The number of hydrogen-bond donors (Lipinski definition) is 1. The predicted octanol–water partition coefficient (Wildman–Crippen LogP) is 2.47. The van der Waals surface area contributed by atoms with E-state index in [2.05, 4.69) is 15.3 Å². The van der Waals surface area contributed by atoms with Gasteiger partial charge in [-0.25, -0.2) is 4.98 Å². The van der Waals surface area contributed by atoms with Gasteiger partial charge >= 0.3 is 0 Å². The number of aromatic nitrogens is 2. The van der Waals surface area contributed by atoms with Crippen molar-refractivity contribution in [2.24, 2.45) is 0 Å². The summed E-state index contributed by atoms with van der Waals surface area (Å²) < 4.78 is 10.6. The highest BCUT2D eigenvalue weighted by Gasteiger charge is 2.12. The first kappa shape index (κ1) is 11.1. The van der Waals surface area contributed by atoms with Crippen molar-refractivity contribution >= 4 is 17.4 Å². The number of fused-ring (bicyclic) bond motifs is 1. The standard InChI is InChI=1S/C12H10ClN3O2/c13-11-5-14-6-12(16-11)15-4-8-1-2-9-10(3-8)18-7-17-9/h1-3,5-6H,4,7H2,(H,15,16). The molecule has 0 radical (unpaired) electrons. The molecule has 1 aromatic heterocycles. The molecule has 92 valence electrons. The van der Waals surface area contributed by atoms with Crippen LogP contribution in [0.4, 0.5) is 5.82 Å². The van der Waals surface area contributed by atoms with Gasteiger partial charge in [0, 0.05) is 6.54 Å². The lowest BCUT2D eigenvalue weighted by molar-refractivity contribution is 0.174. The summed E-state index contributed by atoms with van der Waals surface area (Å²) in [6.45, 7) is 0.900. The maximum atomic E-state index is 5.75. The van der Waals surface area contributed by atoms with E-state index >= 15 is 0 Å². The van der Waals surface area contributed by atoms with Gasteiger partial charge in [-0.1, -0.05) is 17.7 Å². The zero-order valence-corrected chi connectivity index (χ0v) is 10.1. The van der Waals surface area contributed by atoms with E-state index < -0.39 is 0 Å². The second-order valence-corrected chi connectivity index (χ2v) is 4.16. The molecule has 0 spiro atoms. The van der Waals surface area contributed by atoms with Crippen LogP contribution in [0, 0.1) is 0 Å². The Balaban J connectivity index is 1.70. The van der Waals surface area contributed by atoms with Gasteiger partial charge in [-0.05, 0) is 17.7 Å². The fourth-order valence-corrected chi connectivity index (χ4v) is 1.82. The van der Waals surface area contributed by atoms with Crippen molar-refractivity contribution in [1.82, 2.24) is 9.97 Å². The van der Waals surface area contributed by atoms with E-state index in [-0.39, 0.29) is 6.79 Å². The Bertz CT molecular complexity index is 577. The van der Waals surface area contributed by atoms with Crippen LogP contribution in [0.25, 0.3) is 0 Å². The van der Waals surface area contributed by atoms with Gasteiger partial charge in [0.25, 0.3) is 0 Å². The third kappa shape index (κ3) is 2.31. The highest BCUT2D eigenvalue weighted by Crippen LogP contribution is 2.32. The van der Waals surface area contributed by atoms with Crippen molar-refractivity contribution < 1.29 is 9.47 Å². The molecule has 0 saturated carbocycles. The van der Waals surface area contributed by atoms with Crippen molar-refractivity contribution in [3.05, 3.63) is 41.3 Å². The van der Waals surface area contributed by atoms with E-state index in [1.54, 1.807) is 6.20 Å². The van der Waals surface area contributed by atoms with E-state index in [1.165, 1.54) is 6.20 Å². The number of nitrogens with zero attached hydrogens (tertiary/aromatic N) is 2. The summed E-state index contributed by atoms with van der Waals surface area (Å²) in [7, 11) is 0. The van der Waals surface area contributed by atoms with Crippen LogP contribution in [-0.4, -0.2) is 16.8 Å². The molecule has 0 aliphatic carbocycles. The highest BCUT2D eigenvalue weighted by atomic mass is 35.5. The molecule has 0 saturated heterocycles. The Kier molecular flexibility index (Phi) is 2.90. The summed E-state index contributed by atoms with van der Waals surface area (Å²) in [5, 5.41) is 3.50. The molecule has 2 aromatic rings. The molecule has 5 nitrogen and oxygen atoms in total. The Labute approximate surface area is 109 Å². The van der Waals surface area contributed by atoms with Crippen LogP contribution >= 0.6 is 11.6 Å². The average molecular weight is 264 g/mol. The minimum absolute atomic E-state index is 0.284. The van der Waals surface area contributed by atoms with Crippen LogP contribution in [0.5, 0.6) is 11.5 Å². The SMILES string of the molecule is Clc1cncc(NCc2ccc3c(c2)OCO3)n1. The first-order valence-electron chi connectivity index (χ1n) is 5.41. The summed E-state index contributed by atoms with van der Waals surface area (Å²) >= 11 is 5.75. The molecule has 18 heavy (non-hydrogen) atoms. The number of halogens is 1. The Morgan fingerprint density at radius 3 is 3.00 bits per heavy atom. The number of rotatable bonds is 3. The topological polar surface area (TPSA) is 56.3 Å². The van der Waals surface area contributed by atoms with Crippen LogP contribution in [0.15, 0.2) is 30.6 Å². The van der Waals surface area contributed by atoms with E-state index in [9.17, 15) is 0 Å². The van der Waals surface area contributed by atoms with E-state index in [4.69, 9.17) is 21.1 Å². The van der Waals surface area contributed by atoms with Crippen LogP contribution in [0.3, 0.4) is 0 Å². The highest BCUT2D eigenvalue weighted by molar-refractivity contribution is 6.29. The average Bonchev–Trinajstić information content (AvgIpc) is 2.84. The molecule has 1 aliphatic rings. The van der Waals surface area contributed by atoms with E-state index in [0.717, 1.165) is 17.1 Å². The number of nitrogens with one attached hydrogen (secondary N) is 1. The Hall–Kier alpha value is -2.01. The van der Waals surface area contributed by atoms with Crippen LogP contribution < -0.4 is 14.8 Å². The third-order valence-electron chi connectivity index (χ3n) is 2.52. The summed E-state index contributed by atoms with van der Waals surface area (Å²) in [6, 6.07) is 5.80. The number of ether oxygens (including phenoxy) is 2. The first-order valence-corrected chi connectivity index (χ1v) is 5.79. The lowest BCUT2D eigenvalue weighted by Crippen LogP contribution is -2.01. The summed E-state index contributed by atoms with van der Waals surface area (Å²) in [4.78, 5) is 8.05. The number of anilines is 1. The monoisotopic (exact) mass is 263 g/mol. The van der Waals surface area contributed by atoms with E-state index in [1.807, 2.05) is 18.2 Å². The molecular formula is C12H10ClN3O2. The fourth-order valence-electron chi connectivity index (χ4n) is 1.67. The third-order valence-corrected chi connectivity index (χ3v) is 2.70. The van der Waals surface area contributed by atoms with Crippen molar-refractivity contribution in [2.45, 2.75) is 6.54 Å². The molecule has 1 N–H and O–H groups in total. The number of benzene rings is 1. The minimum atomic E-state index is 0.284. The van der Waals surface area contributed by atoms with Gasteiger partial charge in [-0.2, -0.15) is 0 Å². The zero-order chi connectivity index (χ0) is 12.4. The lowest BCUT2D eigenvalue weighted by Gasteiger charge is -2.06. The molecule has 1 aliphatic heterocycles. The minimum Gasteiger partial charge on any atom is -0.454 e. The van der Waals surface area contributed by atoms with Crippen LogP contribution in [-0.2, 0) is 6.54 Å². The van der Waals surface area contributed by atoms with Crippen LogP contribution in [0.1, 0.15) is 5.56 Å². The van der Waals surface area contributed by atoms with Gasteiger partial charge in [-0.15, -0.1) is 0 Å².